The molecule has 0 aliphatic heterocycles. The number of rotatable bonds is 3. The van der Waals surface area contributed by atoms with Crippen molar-refractivity contribution in [2.45, 2.75) is 39.4 Å². The van der Waals surface area contributed by atoms with Crippen molar-refractivity contribution in [1.82, 2.24) is 5.09 Å². The fraction of sp³-hybridized carbons (Fsp3) is 1.00. The van der Waals surface area contributed by atoms with Crippen LogP contribution in [0.25, 0.3) is 0 Å². The second-order valence-electron chi connectivity index (χ2n) is 2.78. The van der Waals surface area contributed by atoms with E-state index in [4.69, 9.17) is 5.50 Å². The highest BCUT2D eigenvalue weighted by atomic mass is 31.1. The summed E-state index contributed by atoms with van der Waals surface area (Å²) in [4.78, 5) is 0. The van der Waals surface area contributed by atoms with Crippen LogP contribution in [-0.2, 0) is 0 Å². The van der Waals surface area contributed by atoms with Gasteiger partial charge in [-0.2, -0.15) is 0 Å². The Morgan fingerprint density at radius 2 is 1.67 bits per heavy atom. The van der Waals surface area contributed by atoms with Crippen LogP contribution in [0.15, 0.2) is 0 Å². The van der Waals surface area contributed by atoms with Crippen LogP contribution in [0.5, 0.6) is 0 Å². The summed E-state index contributed by atoms with van der Waals surface area (Å²) < 4.78 is 0. The molecule has 9 heavy (non-hydrogen) atoms. The van der Waals surface area contributed by atoms with Crippen molar-refractivity contribution in [3.8, 4) is 0 Å². The molecule has 0 heterocycles. The van der Waals surface area contributed by atoms with E-state index in [1.54, 1.807) is 0 Å². The quantitative estimate of drug-likeness (QED) is 0.597. The summed E-state index contributed by atoms with van der Waals surface area (Å²) in [6.45, 7) is 8.51. The SMILES string of the molecule is CC(C)NP(N)C(C)C. The summed E-state index contributed by atoms with van der Waals surface area (Å²) in [6, 6.07) is 0.517. The van der Waals surface area contributed by atoms with Gasteiger partial charge in [0.05, 0.1) is 0 Å². The molecular weight excluding hydrogens is 131 g/mol. The molecule has 0 aromatic heterocycles. The van der Waals surface area contributed by atoms with E-state index in [1.165, 1.54) is 0 Å². The first kappa shape index (κ1) is 9.35. The molecule has 0 aliphatic rings. The zero-order chi connectivity index (χ0) is 7.44. The van der Waals surface area contributed by atoms with Crippen LogP contribution in [0.1, 0.15) is 27.7 Å². The van der Waals surface area contributed by atoms with Gasteiger partial charge in [-0.25, -0.2) is 0 Å². The number of nitrogens with two attached hydrogens (primary N) is 1. The number of nitrogens with one attached hydrogen (secondary N) is 1. The molecule has 0 radical (unpaired) electrons. The third-order valence-corrected chi connectivity index (χ3v) is 2.89. The summed E-state index contributed by atoms with van der Waals surface area (Å²) in [5.74, 6) is 0. The van der Waals surface area contributed by atoms with Gasteiger partial charge in [-0.3, -0.25) is 10.6 Å². The molecule has 1 atom stereocenters. The van der Waals surface area contributed by atoms with Crippen LogP contribution in [0.2, 0.25) is 0 Å². The molecule has 0 amide bonds. The smallest absolute Gasteiger partial charge is 0.0339 e. The van der Waals surface area contributed by atoms with E-state index < -0.39 is 8.22 Å². The van der Waals surface area contributed by atoms with Crippen molar-refractivity contribution in [3.05, 3.63) is 0 Å². The Kier molecular flexibility index (Phi) is 4.37. The topological polar surface area (TPSA) is 38.0 Å². The summed E-state index contributed by atoms with van der Waals surface area (Å²) in [5, 5.41) is 3.28. The molecule has 0 spiro atoms. The molecule has 3 heteroatoms. The monoisotopic (exact) mass is 148 g/mol. The van der Waals surface area contributed by atoms with Crippen molar-refractivity contribution in [2.75, 3.05) is 0 Å². The Balaban J connectivity index is 3.38. The van der Waals surface area contributed by atoms with Gasteiger partial charge in [-0.15, -0.1) is 0 Å². The van der Waals surface area contributed by atoms with Crippen LogP contribution in [-0.4, -0.2) is 11.7 Å². The van der Waals surface area contributed by atoms with Gasteiger partial charge in [-0.05, 0) is 19.5 Å². The first-order chi connectivity index (χ1) is 4.04. The molecule has 0 aromatic rings. The molecular formula is C6H17N2P. The molecule has 0 fully saturated rings. The van der Waals surface area contributed by atoms with Crippen molar-refractivity contribution < 1.29 is 0 Å². The van der Waals surface area contributed by atoms with E-state index in [-0.39, 0.29) is 0 Å². The lowest BCUT2D eigenvalue weighted by Gasteiger charge is -2.19. The Hall–Kier alpha value is 0.350. The summed E-state index contributed by atoms with van der Waals surface area (Å²) in [7, 11) is -0.429. The van der Waals surface area contributed by atoms with E-state index in [0.717, 1.165) is 0 Å². The van der Waals surface area contributed by atoms with Gasteiger partial charge in [0.15, 0.2) is 0 Å². The van der Waals surface area contributed by atoms with E-state index in [9.17, 15) is 0 Å². The van der Waals surface area contributed by atoms with Gasteiger partial charge >= 0.3 is 0 Å². The minimum absolute atomic E-state index is 0.429. The minimum Gasteiger partial charge on any atom is -0.297 e. The fourth-order valence-corrected chi connectivity index (χ4v) is 1.34. The van der Waals surface area contributed by atoms with Gasteiger partial charge in [-0.1, -0.05) is 13.8 Å². The van der Waals surface area contributed by atoms with Crippen LogP contribution in [0, 0.1) is 0 Å². The maximum atomic E-state index is 5.77. The summed E-state index contributed by atoms with van der Waals surface area (Å²) >= 11 is 0. The molecule has 56 valence electrons. The second-order valence-corrected chi connectivity index (χ2v) is 4.89. The number of hydrogen-bond acceptors (Lipinski definition) is 2. The van der Waals surface area contributed by atoms with Crippen LogP contribution in [0.3, 0.4) is 0 Å². The largest absolute Gasteiger partial charge is 0.297 e. The van der Waals surface area contributed by atoms with Crippen molar-refractivity contribution in [2.24, 2.45) is 5.50 Å². The van der Waals surface area contributed by atoms with Crippen molar-refractivity contribution in [1.29, 1.82) is 0 Å². The van der Waals surface area contributed by atoms with Crippen molar-refractivity contribution >= 4 is 8.22 Å². The Morgan fingerprint density at radius 3 is 1.78 bits per heavy atom. The lowest BCUT2D eigenvalue weighted by Crippen LogP contribution is -2.24. The lowest BCUT2D eigenvalue weighted by atomic mass is 10.4. The van der Waals surface area contributed by atoms with Crippen molar-refractivity contribution in [3.63, 3.8) is 0 Å². The van der Waals surface area contributed by atoms with Crippen LogP contribution < -0.4 is 10.6 Å². The normalized spacial score (nSPS) is 15.0. The summed E-state index contributed by atoms with van der Waals surface area (Å²) in [5.41, 5.74) is 6.36. The second kappa shape index (κ2) is 4.21. The van der Waals surface area contributed by atoms with Gasteiger partial charge < -0.3 is 0 Å². The molecule has 0 saturated heterocycles. The molecule has 2 nitrogen and oxygen atoms in total. The average Bonchev–Trinajstić information content (AvgIpc) is 1.63. The first-order valence-corrected chi connectivity index (χ1v) is 4.82. The average molecular weight is 148 g/mol. The van der Waals surface area contributed by atoms with Crippen LogP contribution >= 0.6 is 8.22 Å². The molecule has 0 aliphatic carbocycles. The number of hydrogen-bond donors (Lipinski definition) is 2. The standard InChI is InChI=1S/C6H17N2P/c1-5(2)8-9(7)6(3)4/h5-6,8H,7H2,1-4H3. The highest BCUT2D eigenvalue weighted by Gasteiger charge is 2.06. The predicted octanol–water partition coefficient (Wildman–Crippen LogP) is 1.66. The zero-order valence-electron chi connectivity index (χ0n) is 6.68. The highest BCUT2D eigenvalue weighted by molar-refractivity contribution is 7.53. The maximum Gasteiger partial charge on any atom is 0.0339 e. The third-order valence-electron chi connectivity index (χ3n) is 0.964. The Bertz CT molecular complexity index is 73.5. The minimum atomic E-state index is -0.429. The predicted molar refractivity (Wildman–Crippen MR) is 44.5 cm³/mol. The molecule has 1 unspecified atom stereocenters. The van der Waals surface area contributed by atoms with Gasteiger partial charge in [0.25, 0.3) is 0 Å². The third kappa shape index (κ3) is 4.83. The maximum absolute atomic E-state index is 5.77. The van der Waals surface area contributed by atoms with E-state index >= 15 is 0 Å². The van der Waals surface area contributed by atoms with Gasteiger partial charge in [0.2, 0.25) is 0 Å². The van der Waals surface area contributed by atoms with E-state index in [2.05, 4.69) is 32.8 Å². The fourth-order valence-electron chi connectivity index (χ4n) is 0.447. The van der Waals surface area contributed by atoms with Gasteiger partial charge in [0.1, 0.15) is 0 Å². The molecule has 0 rings (SSSR count). The van der Waals surface area contributed by atoms with E-state index in [0.29, 0.717) is 11.7 Å². The zero-order valence-corrected chi connectivity index (χ0v) is 7.57. The Morgan fingerprint density at radius 1 is 1.22 bits per heavy atom. The first-order valence-electron chi connectivity index (χ1n) is 3.34. The molecule has 0 saturated carbocycles. The summed E-state index contributed by atoms with van der Waals surface area (Å²) in [6.07, 6.45) is 0. The van der Waals surface area contributed by atoms with Gasteiger partial charge in [0, 0.05) is 14.3 Å². The molecule has 0 bridgehead atoms. The lowest BCUT2D eigenvalue weighted by molar-refractivity contribution is 0.751. The Labute approximate surface area is 59.1 Å². The van der Waals surface area contributed by atoms with Crippen LogP contribution in [0.4, 0.5) is 0 Å². The molecule has 3 N–H and O–H groups in total. The van der Waals surface area contributed by atoms with E-state index in [1.807, 2.05) is 0 Å². The molecule has 0 aromatic carbocycles. The highest BCUT2D eigenvalue weighted by Crippen LogP contribution is 2.26.